The molecule has 146 valence electrons. The average molecular weight is 487 g/mol. The third-order valence-electron chi connectivity index (χ3n) is 4.66. The molecular formula is C21H15BrN2O3S2. The van der Waals surface area contributed by atoms with Gasteiger partial charge >= 0.3 is 0 Å². The number of H-pyrrole nitrogens is 1. The second-order valence-corrected chi connectivity index (χ2v) is 9.26. The van der Waals surface area contributed by atoms with E-state index in [9.17, 15) is 14.7 Å². The number of rotatable bonds is 3. The van der Waals surface area contributed by atoms with Gasteiger partial charge in [0.1, 0.15) is 5.75 Å². The van der Waals surface area contributed by atoms with Gasteiger partial charge in [-0.15, -0.1) is 0 Å². The van der Waals surface area contributed by atoms with Crippen molar-refractivity contribution in [3.63, 3.8) is 0 Å². The molecule has 3 aromatic rings. The van der Waals surface area contributed by atoms with Crippen LogP contribution < -0.4 is 4.90 Å². The Morgan fingerprint density at radius 3 is 2.76 bits per heavy atom. The zero-order valence-electron chi connectivity index (χ0n) is 15.4. The summed E-state index contributed by atoms with van der Waals surface area (Å²) in [6.45, 7) is 3.70. The highest BCUT2D eigenvalue weighted by Crippen LogP contribution is 2.39. The van der Waals surface area contributed by atoms with Gasteiger partial charge in [0.05, 0.1) is 15.1 Å². The predicted molar refractivity (Wildman–Crippen MR) is 124 cm³/mol. The largest absolute Gasteiger partial charge is 0.506 e. The van der Waals surface area contributed by atoms with Crippen molar-refractivity contribution >= 4 is 72.5 Å². The van der Waals surface area contributed by atoms with Crippen molar-refractivity contribution < 1.29 is 14.7 Å². The lowest BCUT2D eigenvalue weighted by Gasteiger charge is -2.16. The molecule has 0 radical (unpaired) electrons. The number of fused-ring (bicyclic) bond motifs is 1. The first kappa shape index (κ1) is 19.9. The third-order valence-corrected chi connectivity index (χ3v) is 6.56. The monoisotopic (exact) mass is 486 g/mol. The molecule has 1 fully saturated rings. The Labute approximate surface area is 184 Å². The number of aromatic amines is 1. The van der Waals surface area contributed by atoms with Crippen LogP contribution in [-0.2, 0) is 4.79 Å². The lowest BCUT2D eigenvalue weighted by Crippen LogP contribution is -2.27. The molecule has 29 heavy (non-hydrogen) atoms. The number of hydrogen-bond acceptors (Lipinski definition) is 5. The van der Waals surface area contributed by atoms with Crippen LogP contribution in [0, 0.1) is 13.8 Å². The molecule has 0 saturated carbocycles. The van der Waals surface area contributed by atoms with E-state index in [-0.39, 0.29) is 22.3 Å². The Morgan fingerprint density at radius 2 is 2.03 bits per heavy atom. The van der Waals surface area contributed by atoms with Crippen LogP contribution in [0.1, 0.15) is 21.5 Å². The first-order valence-electron chi connectivity index (χ1n) is 8.65. The number of amides is 1. The van der Waals surface area contributed by atoms with Crippen LogP contribution in [0.3, 0.4) is 0 Å². The molecule has 1 aromatic heterocycles. The molecule has 0 aliphatic carbocycles. The molecule has 1 amide bonds. The minimum absolute atomic E-state index is 0.111. The first-order valence-corrected chi connectivity index (χ1v) is 10.7. The maximum atomic E-state index is 13.0. The molecule has 0 spiro atoms. The Bertz CT molecular complexity index is 1220. The van der Waals surface area contributed by atoms with Gasteiger partial charge in [0.25, 0.3) is 5.91 Å². The number of allylic oxidation sites excluding steroid dienone is 1. The van der Waals surface area contributed by atoms with Crippen molar-refractivity contribution in [3.05, 3.63) is 68.7 Å². The van der Waals surface area contributed by atoms with Crippen LogP contribution >= 0.6 is 39.9 Å². The normalized spacial score (nSPS) is 15.7. The van der Waals surface area contributed by atoms with Gasteiger partial charge < -0.3 is 10.1 Å². The highest BCUT2D eigenvalue weighted by atomic mass is 79.9. The van der Waals surface area contributed by atoms with E-state index in [1.165, 1.54) is 11.0 Å². The quantitative estimate of drug-likeness (QED) is 0.295. The SMILES string of the molecule is Cc1ccc2[nH]cc(C(=O)/C=C3\SC(=S)N(c4cc(C)c(O)c(Br)c4)C3=O)c2c1. The molecule has 0 unspecified atom stereocenters. The summed E-state index contributed by atoms with van der Waals surface area (Å²) in [5, 5.41) is 10.8. The van der Waals surface area contributed by atoms with Crippen molar-refractivity contribution in [3.8, 4) is 5.75 Å². The van der Waals surface area contributed by atoms with Gasteiger partial charge in [0.2, 0.25) is 0 Å². The van der Waals surface area contributed by atoms with Crippen molar-refractivity contribution in [2.75, 3.05) is 4.90 Å². The molecule has 0 atom stereocenters. The van der Waals surface area contributed by atoms with Crippen molar-refractivity contribution in [2.24, 2.45) is 0 Å². The molecule has 1 saturated heterocycles. The highest BCUT2D eigenvalue weighted by Gasteiger charge is 2.34. The minimum Gasteiger partial charge on any atom is -0.506 e. The molecule has 2 N–H and O–H groups in total. The molecule has 5 nitrogen and oxygen atoms in total. The fraction of sp³-hybridized carbons (Fsp3) is 0.0952. The van der Waals surface area contributed by atoms with E-state index in [2.05, 4.69) is 20.9 Å². The lowest BCUT2D eigenvalue weighted by atomic mass is 10.1. The third kappa shape index (κ3) is 3.52. The number of aromatic hydroxyl groups is 1. The smallest absolute Gasteiger partial charge is 0.270 e. The Hall–Kier alpha value is -2.42. The number of anilines is 1. The van der Waals surface area contributed by atoms with Crippen LogP contribution in [0.15, 0.2) is 52.0 Å². The standard InChI is InChI=1S/C21H15BrN2O3S2/c1-10-3-4-16-13(5-10)14(9-23-16)17(25)8-18-20(27)24(21(28)29-18)12-6-11(2)19(26)15(22)7-12/h3-9,23,26H,1-2H3/b18-8-. The molecule has 2 aromatic carbocycles. The second-order valence-electron chi connectivity index (χ2n) is 6.73. The Morgan fingerprint density at radius 1 is 1.28 bits per heavy atom. The van der Waals surface area contributed by atoms with E-state index in [0.717, 1.165) is 28.2 Å². The van der Waals surface area contributed by atoms with Gasteiger partial charge in [-0.1, -0.05) is 35.6 Å². The zero-order chi connectivity index (χ0) is 20.9. The van der Waals surface area contributed by atoms with Crippen LogP contribution in [0.25, 0.3) is 10.9 Å². The number of nitrogens with zero attached hydrogens (tertiary/aromatic N) is 1. The van der Waals surface area contributed by atoms with E-state index < -0.39 is 0 Å². The van der Waals surface area contributed by atoms with Gasteiger partial charge in [0, 0.05) is 28.7 Å². The van der Waals surface area contributed by atoms with Gasteiger partial charge in [-0.3, -0.25) is 14.5 Å². The number of benzene rings is 2. The maximum Gasteiger partial charge on any atom is 0.270 e. The summed E-state index contributed by atoms with van der Waals surface area (Å²) in [7, 11) is 0. The summed E-state index contributed by atoms with van der Waals surface area (Å²) >= 11 is 9.75. The molecule has 1 aliphatic rings. The maximum absolute atomic E-state index is 13.0. The van der Waals surface area contributed by atoms with E-state index in [0.29, 0.717) is 25.6 Å². The highest BCUT2D eigenvalue weighted by molar-refractivity contribution is 9.10. The molecular weight excluding hydrogens is 472 g/mol. The fourth-order valence-electron chi connectivity index (χ4n) is 3.17. The molecule has 2 heterocycles. The molecule has 0 bridgehead atoms. The first-order chi connectivity index (χ1) is 13.8. The number of hydrogen-bond donors (Lipinski definition) is 2. The van der Waals surface area contributed by atoms with Crippen LogP contribution in [0.2, 0.25) is 0 Å². The summed E-state index contributed by atoms with van der Waals surface area (Å²) in [6.07, 6.45) is 3.00. The number of thioether (sulfide) groups is 1. The predicted octanol–water partition coefficient (Wildman–Crippen LogP) is 5.38. The zero-order valence-corrected chi connectivity index (χ0v) is 18.7. The topological polar surface area (TPSA) is 73.4 Å². The summed E-state index contributed by atoms with van der Waals surface area (Å²) in [6, 6.07) is 9.13. The number of halogens is 1. The number of aromatic nitrogens is 1. The minimum atomic E-state index is -0.360. The van der Waals surface area contributed by atoms with E-state index in [1.807, 2.05) is 25.1 Å². The molecule has 1 aliphatic heterocycles. The number of carbonyl (C=O) groups is 2. The number of phenols is 1. The van der Waals surface area contributed by atoms with Crippen LogP contribution in [0.5, 0.6) is 5.75 Å². The summed E-state index contributed by atoms with van der Waals surface area (Å²) in [4.78, 5) is 30.6. The van der Waals surface area contributed by atoms with Crippen molar-refractivity contribution in [1.82, 2.24) is 4.98 Å². The van der Waals surface area contributed by atoms with E-state index in [1.54, 1.807) is 25.3 Å². The second kappa shape index (κ2) is 7.44. The van der Waals surface area contributed by atoms with Crippen LogP contribution in [-0.4, -0.2) is 26.1 Å². The van der Waals surface area contributed by atoms with E-state index >= 15 is 0 Å². The van der Waals surface area contributed by atoms with Gasteiger partial charge in [-0.2, -0.15) is 0 Å². The number of aryl methyl sites for hydroxylation is 2. The average Bonchev–Trinajstić information content (AvgIpc) is 3.19. The Kier molecular flexibility index (Phi) is 5.10. The number of carbonyl (C=O) groups excluding carboxylic acids is 2. The number of thiocarbonyl (C=S) groups is 1. The number of nitrogens with one attached hydrogen (secondary N) is 1. The summed E-state index contributed by atoms with van der Waals surface area (Å²) < 4.78 is 0.802. The van der Waals surface area contributed by atoms with E-state index in [4.69, 9.17) is 12.2 Å². The van der Waals surface area contributed by atoms with Gasteiger partial charge in [-0.25, -0.2) is 0 Å². The van der Waals surface area contributed by atoms with Gasteiger partial charge in [0.15, 0.2) is 10.1 Å². The molecule has 4 rings (SSSR count). The number of phenolic OH excluding ortho intramolecular Hbond substituents is 1. The number of ketones is 1. The lowest BCUT2D eigenvalue weighted by molar-refractivity contribution is -0.113. The summed E-state index contributed by atoms with van der Waals surface area (Å²) in [5.41, 5.74) is 3.57. The van der Waals surface area contributed by atoms with Gasteiger partial charge in [-0.05, 0) is 59.6 Å². The fourth-order valence-corrected chi connectivity index (χ4v) is 4.99. The van der Waals surface area contributed by atoms with Crippen molar-refractivity contribution in [1.29, 1.82) is 0 Å². The Balaban J connectivity index is 1.68. The van der Waals surface area contributed by atoms with Crippen molar-refractivity contribution in [2.45, 2.75) is 13.8 Å². The summed E-state index contributed by atoms with van der Waals surface area (Å²) in [5.74, 6) is -0.508. The van der Waals surface area contributed by atoms with Crippen LogP contribution in [0.4, 0.5) is 5.69 Å². The molecule has 8 heteroatoms.